The van der Waals surface area contributed by atoms with E-state index in [1.165, 1.54) is 44.4 Å². The Kier molecular flexibility index (Phi) is 39.6. The largest absolute Gasteiger partial charge is 0.481 e. The van der Waals surface area contributed by atoms with E-state index in [1.807, 2.05) is 24.3 Å². The van der Waals surface area contributed by atoms with Gasteiger partial charge in [0.15, 0.2) is 0 Å². The number of carbonyl (C=O) groups is 13. The Morgan fingerprint density at radius 2 is 1.05 bits per heavy atom. The Morgan fingerprint density at radius 3 is 1.56 bits per heavy atom. The van der Waals surface area contributed by atoms with Crippen molar-refractivity contribution in [1.29, 1.82) is 0 Å². The van der Waals surface area contributed by atoms with Gasteiger partial charge in [0, 0.05) is 55.6 Å². The van der Waals surface area contributed by atoms with Crippen molar-refractivity contribution in [3.8, 4) is 0 Å². The van der Waals surface area contributed by atoms with Crippen LogP contribution in [0.3, 0.4) is 0 Å². The number of aliphatic hydroxyl groups excluding tert-OH is 4. The highest BCUT2D eigenvalue weighted by Gasteiger charge is 2.44. The van der Waals surface area contributed by atoms with Crippen molar-refractivity contribution < 1.29 is 87.9 Å². The van der Waals surface area contributed by atoms with Crippen molar-refractivity contribution >= 4 is 100 Å². The number of carbonyl (C=O) groups excluding carboxylic acids is 12. The van der Waals surface area contributed by atoms with E-state index >= 15 is 9.59 Å². The highest BCUT2D eigenvalue weighted by molar-refractivity contribution is 7.98. The summed E-state index contributed by atoms with van der Waals surface area (Å²) in [7, 11) is 1.31. The van der Waals surface area contributed by atoms with Crippen LogP contribution in [0.25, 0.3) is 0 Å². The summed E-state index contributed by atoms with van der Waals surface area (Å²) in [5.74, 6) is -11.2. The standard InChI is InChI=1S/C78H130N16O18S2/c1-10-14-53-68(103)86-55(27-28-62(100)101)69(104)88-57(34-45-19-23-50(97)24-20-45)71(106)85-54(15-11-2)70(105)93-64(44(5)96)77(112)94(9)60(66(80)102)40-114-39-48-17-12-16-47(33-48)38-113-31-29-61(99)91-65(78(6,7)8)76(111)90-58(35-46-21-25-51(98)26-22-46)72(107)87-56(32-42(3)83-41-79)74(109)92-63(43(4)95)75(110)89-59(73(108)84-53)36-49-37-82-67-52(49)18-13-30-81-67/h12,16-17,33,42-46,49-60,63-65,67,81-83,95-98H,10-11,13-15,18-32,34-41,79H2,1-9H3,(H2,80,102)(H,84,108)(H,85,106)(H,86,103)(H,87,107)(H,88,104)(H,89,110)(H,90,111)(H,91,99)(H,92,109)(H,93,105)(H,100,101)/t42?,43-,44-,45?,46?,49?,50?,51?,52?,53+,54+,55+,56+,57+,58+,59+,60+,63+,64+,65-,67?/m1/s1. The summed E-state index contributed by atoms with van der Waals surface area (Å²) >= 11 is 2.75. The van der Waals surface area contributed by atoms with Crippen LogP contribution in [0.4, 0.5) is 0 Å². The molecule has 0 spiro atoms. The summed E-state index contributed by atoms with van der Waals surface area (Å²) in [6, 6.07) is -9.15. The predicted octanol–water partition coefficient (Wildman–Crippen LogP) is -0.908. The number of likely N-dealkylation sites (N-methyl/N-ethyl adjacent to an activating group) is 1. The first-order chi connectivity index (χ1) is 54.0. The number of thioether (sulfide) groups is 2. The van der Waals surface area contributed by atoms with Crippen LogP contribution in [0.1, 0.15) is 201 Å². The number of hydrogen-bond acceptors (Lipinski definition) is 23. The number of piperidine rings is 1. The van der Waals surface area contributed by atoms with Gasteiger partial charge in [-0.1, -0.05) is 71.7 Å². The maximum atomic E-state index is 15.2. The third kappa shape index (κ3) is 30.6. The minimum atomic E-state index is -1.80. The Morgan fingerprint density at radius 1 is 0.588 bits per heavy atom. The fourth-order valence-electron chi connectivity index (χ4n) is 15.6. The molecule has 1 aromatic carbocycles. The maximum absolute atomic E-state index is 15.2. The highest BCUT2D eigenvalue weighted by Crippen LogP contribution is 2.34. The van der Waals surface area contributed by atoms with Crippen LogP contribution < -0.4 is 80.6 Å². The van der Waals surface area contributed by atoms with Gasteiger partial charge in [0.2, 0.25) is 70.9 Å². The summed E-state index contributed by atoms with van der Waals surface area (Å²) in [6.45, 7) is 14.0. The number of carboxylic acid groups (broad SMARTS) is 1. The third-order valence-electron chi connectivity index (χ3n) is 22.3. The van der Waals surface area contributed by atoms with Gasteiger partial charge in [-0.15, -0.1) is 0 Å². The van der Waals surface area contributed by atoms with Crippen LogP contribution in [0.15, 0.2) is 24.3 Å². The average molecular weight is 1640 g/mol. The molecule has 5 aliphatic rings. The van der Waals surface area contributed by atoms with Crippen LogP contribution in [-0.4, -0.2) is 249 Å². The zero-order valence-electron chi connectivity index (χ0n) is 67.7. The molecule has 2 bridgehead atoms. The number of aliphatic hydroxyl groups is 4. The van der Waals surface area contributed by atoms with Gasteiger partial charge in [0.1, 0.15) is 66.5 Å². The van der Waals surface area contributed by atoms with Gasteiger partial charge in [-0.25, -0.2) is 0 Å². The molecule has 642 valence electrons. The molecule has 34 nitrogen and oxygen atoms in total. The first kappa shape index (κ1) is 95.6. The topological polar surface area (TPSA) is 535 Å². The first-order valence-corrected chi connectivity index (χ1v) is 43.0. The molecule has 0 aromatic heterocycles. The number of carboxylic acids is 1. The second kappa shape index (κ2) is 47.2. The molecule has 6 rings (SSSR count). The van der Waals surface area contributed by atoms with E-state index in [1.54, 1.807) is 41.5 Å². The molecule has 2 saturated heterocycles. The van der Waals surface area contributed by atoms with Crippen molar-refractivity contribution in [2.45, 2.75) is 305 Å². The molecule has 114 heavy (non-hydrogen) atoms. The lowest BCUT2D eigenvalue weighted by Gasteiger charge is -2.34. The van der Waals surface area contributed by atoms with E-state index in [4.69, 9.17) is 11.5 Å². The van der Waals surface area contributed by atoms with Crippen molar-refractivity contribution in [2.24, 2.45) is 40.6 Å². The van der Waals surface area contributed by atoms with Crippen molar-refractivity contribution in [2.75, 3.05) is 38.3 Å². The van der Waals surface area contributed by atoms with Crippen LogP contribution in [0.2, 0.25) is 0 Å². The number of primary amides is 1. The van der Waals surface area contributed by atoms with E-state index in [0.717, 1.165) is 35.4 Å². The quantitative estimate of drug-likeness (QED) is 0.0703. The molecule has 22 N–H and O–H groups in total. The molecular weight excluding hydrogens is 1510 g/mol. The normalized spacial score (nSPS) is 31.3. The van der Waals surface area contributed by atoms with Crippen molar-refractivity contribution in [1.82, 2.24) is 74.0 Å². The number of nitrogens with two attached hydrogens (primary N) is 2. The smallest absolute Gasteiger partial charge is 0.303 e. The van der Waals surface area contributed by atoms with E-state index in [2.05, 4.69) is 69.1 Å². The predicted molar refractivity (Wildman–Crippen MR) is 430 cm³/mol. The Bertz CT molecular complexity index is 3380. The number of benzene rings is 1. The zero-order valence-corrected chi connectivity index (χ0v) is 69.3. The Balaban J connectivity index is 1.39. The second-order valence-electron chi connectivity index (χ2n) is 32.8. The minimum Gasteiger partial charge on any atom is -0.481 e. The Hall–Kier alpha value is -7.29. The molecule has 2 saturated carbocycles. The molecular formula is C78H130N16O18S2. The lowest BCUT2D eigenvalue weighted by atomic mass is 9.82. The van der Waals surface area contributed by atoms with E-state index in [-0.39, 0.29) is 93.6 Å². The number of aliphatic carboxylic acids is 1. The molecule has 2 aliphatic carbocycles. The van der Waals surface area contributed by atoms with Crippen molar-refractivity contribution in [3.63, 3.8) is 0 Å². The highest BCUT2D eigenvalue weighted by atomic mass is 32.2. The molecule has 17 atom stereocenters. The number of rotatable bonds is 20. The number of nitrogens with zero attached hydrogens (tertiary/aromatic N) is 1. The van der Waals surface area contributed by atoms with Gasteiger partial charge in [-0.2, -0.15) is 23.5 Å². The van der Waals surface area contributed by atoms with Gasteiger partial charge >= 0.3 is 5.97 Å². The number of fused-ring (bicyclic) bond motifs is 3. The molecule has 12 amide bonds. The fraction of sp³-hybridized carbons (Fsp3) is 0.756. The molecule has 36 heteroatoms. The summed E-state index contributed by atoms with van der Waals surface area (Å²) in [5.41, 5.74) is 12.7. The maximum Gasteiger partial charge on any atom is 0.303 e. The SMILES string of the molecule is CCC[C@@H]1NC(=O)[C@H](CC2CNC3NCCCC23)NC(=O)[C@H]([C@@H](C)O)NC(=O)[C@H](CC(C)NCN)NC(=O)[C@H](CC2CCC(O)CC2)NC(=O)[C@H](C(C)(C)C)NC(=O)CCSCc2cccc(c2)CSC[C@@H](C(N)=O)N(C)C(=O)[C@H]([C@@H](C)O)NC(=O)[C@H](CCC)NC(=O)[C@H](CC2CCC(O)CC2)NC(=O)[C@H](CCC(=O)O)NC1=O. The number of nitrogens with one attached hydrogen (secondary N) is 13. The van der Waals surface area contributed by atoms with Gasteiger partial charge in [0.25, 0.3) is 0 Å². The first-order valence-electron chi connectivity index (χ1n) is 40.7. The monoisotopic (exact) mass is 1640 g/mol. The molecule has 4 fully saturated rings. The van der Waals surface area contributed by atoms with Crippen LogP contribution in [0, 0.1) is 29.1 Å². The number of amides is 12. The second-order valence-corrected chi connectivity index (χ2v) is 34.9. The summed E-state index contributed by atoms with van der Waals surface area (Å²) in [4.78, 5) is 189. The van der Waals surface area contributed by atoms with Gasteiger partial charge < -0.3 is 111 Å². The zero-order chi connectivity index (χ0) is 84.1. The lowest BCUT2D eigenvalue weighted by molar-refractivity contribution is -0.143. The summed E-state index contributed by atoms with van der Waals surface area (Å²) in [6.07, 6.45) is -0.388. The fourth-order valence-corrected chi connectivity index (χ4v) is 17.6. The van der Waals surface area contributed by atoms with Crippen LogP contribution >= 0.6 is 23.5 Å². The van der Waals surface area contributed by atoms with Gasteiger partial charge in [-0.05, 0) is 183 Å². The summed E-state index contributed by atoms with van der Waals surface area (Å²) in [5, 5.41) is 90.8. The minimum absolute atomic E-state index is 0.00112. The Labute approximate surface area is 678 Å². The molecule has 1 aromatic rings. The lowest BCUT2D eigenvalue weighted by Crippen LogP contribution is -2.63. The summed E-state index contributed by atoms with van der Waals surface area (Å²) < 4.78 is 0. The van der Waals surface area contributed by atoms with Crippen LogP contribution in [-0.2, 0) is 73.8 Å². The molecule has 0 radical (unpaired) electrons. The molecule has 4 unspecified atom stereocenters. The third-order valence-corrected chi connectivity index (χ3v) is 24.4. The van der Waals surface area contributed by atoms with Crippen LogP contribution in [0.5, 0.6) is 0 Å². The van der Waals surface area contributed by atoms with E-state index in [9.17, 15) is 78.3 Å². The van der Waals surface area contributed by atoms with E-state index in [0.29, 0.717) is 81.6 Å². The molecule has 3 heterocycles. The van der Waals surface area contributed by atoms with Gasteiger partial charge in [-0.3, -0.25) is 62.3 Å². The average Bonchev–Trinajstić information content (AvgIpc) is 1.50. The van der Waals surface area contributed by atoms with Gasteiger partial charge in [0.05, 0.1) is 30.6 Å². The van der Waals surface area contributed by atoms with E-state index < -0.39 is 192 Å². The molecule has 3 aliphatic heterocycles. The van der Waals surface area contributed by atoms with Crippen molar-refractivity contribution in [3.05, 3.63) is 35.4 Å². The number of hydrogen-bond donors (Lipinski definition) is 20.